The summed E-state index contributed by atoms with van der Waals surface area (Å²) in [5.74, 6) is -1.01. The number of ether oxygens (including phenoxy) is 1. The van der Waals surface area contributed by atoms with E-state index in [1.807, 2.05) is 29.8 Å². The molecule has 0 bridgehead atoms. The number of carbonyl (C=O) groups excluding carboxylic acids is 2. The van der Waals surface area contributed by atoms with Gasteiger partial charge in [0.25, 0.3) is 5.91 Å². The number of aromatic nitrogens is 1. The summed E-state index contributed by atoms with van der Waals surface area (Å²) in [6.45, 7) is 3.32. The molecule has 0 saturated carbocycles. The highest BCUT2D eigenvalue weighted by Crippen LogP contribution is 2.30. The molecule has 0 saturated heterocycles. The fourth-order valence-corrected chi connectivity index (χ4v) is 4.51. The van der Waals surface area contributed by atoms with Gasteiger partial charge in [0.05, 0.1) is 18.2 Å². The maximum atomic E-state index is 12.8. The number of nitriles is 1. The van der Waals surface area contributed by atoms with Crippen molar-refractivity contribution >= 4 is 51.8 Å². The van der Waals surface area contributed by atoms with Gasteiger partial charge in [-0.2, -0.15) is 16.6 Å². The molecule has 3 rings (SSSR count). The van der Waals surface area contributed by atoms with E-state index in [0.717, 1.165) is 16.1 Å². The molecule has 2 aromatic heterocycles. The maximum Gasteiger partial charge on any atom is 0.350 e. The van der Waals surface area contributed by atoms with Crippen LogP contribution in [0.15, 0.2) is 35.0 Å². The Labute approximate surface area is 187 Å². The summed E-state index contributed by atoms with van der Waals surface area (Å²) in [6.07, 6.45) is 0.152. The topological polar surface area (TPSA) is 83.3 Å². The Hall–Kier alpha value is -2.73. The van der Waals surface area contributed by atoms with Gasteiger partial charge in [0.15, 0.2) is 6.61 Å². The molecule has 3 aromatic rings. The van der Waals surface area contributed by atoms with Crippen molar-refractivity contribution in [3.8, 4) is 16.6 Å². The average Bonchev–Trinajstić information content (AvgIpc) is 3.38. The number of amides is 1. The van der Waals surface area contributed by atoms with Gasteiger partial charge in [0.2, 0.25) is 0 Å². The highest BCUT2D eigenvalue weighted by atomic mass is 35.5. The van der Waals surface area contributed by atoms with Crippen molar-refractivity contribution in [3.63, 3.8) is 0 Å². The van der Waals surface area contributed by atoms with E-state index in [9.17, 15) is 9.59 Å². The molecule has 0 radical (unpaired) electrons. The van der Waals surface area contributed by atoms with Crippen LogP contribution < -0.4 is 4.90 Å². The van der Waals surface area contributed by atoms with Crippen LogP contribution in [0.2, 0.25) is 5.02 Å². The van der Waals surface area contributed by atoms with Crippen LogP contribution in [0, 0.1) is 25.2 Å². The number of hydrogen-bond donors (Lipinski definition) is 0. The second kappa shape index (κ2) is 9.85. The molecule has 6 nitrogen and oxygen atoms in total. The number of carbonyl (C=O) groups is 2. The number of halogens is 1. The predicted octanol–water partition coefficient (Wildman–Crippen LogP) is 5.25. The van der Waals surface area contributed by atoms with Gasteiger partial charge in [-0.25, -0.2) is 9.78 Å². The van der Waals surface area contributed by atoms with E-state index in [-0.39, 0.29) is 13.0 Å². The first kappa shape index (κ1) is 22.0. The van der Waals surface area contributed by atoms with E-state index in [2.05, 4.69) is 4.98 Å². The molecule has 154 valence electrons. The lowest BCUT2D eigenvalue weighted by Crippen LogP contribution is -2.35. The van der Waals surface area contributed by atoms with Gasteiger partial charge >= 0.3 is 5.97 Å². The van der Waals surface area contributed by atoms with Gasteiger partial charge in [-0.3, -0.25) is 4.79 Å². The van der Waals surface area contributed by atoms with Crippen molar-refractivity contribution in [1.29, 1.82) is 5.26 Å². The van der Waals surface area contributed by atoms with Crippen LogP contribution in [-0.4, -0.2) is 30.0 Å². The van der Waals surface area contributed by atoms with Crippen LogP contribution in [0.5, 0.6) is 0 Å². The molecule has 0 aliphatic rings. The summed E-state index contributed by atoms with van der Waals surface area (Å²) in [7, 11) is 0. The number of esters is 1. The number of anilines is 1. The lowest BCUT2D eigenvalue weighted by Gasteiger charge is -2.22. The van der Waals surface area contributed by atoms with Crippen molar-refractivity contribution in [2.45, 2.75) is 20.3 Å². The smallest absolute Gasteiger partial charge is 0.350 e. The van der Waals surface area contributed by atoms with E-state index in [4.69, 9.17) is 21.6 Å². The van der Waals surface area contributed by atoms with Crippen LogP contribution in [0.4, 0.5) is 5.69 Å². The molecule has 0 aliphatic heterocycles. The molecule has 1 aromatic carbocycles. The Kier molecular flexibility index (Phi) is 7.21. The van der Waals surface area contributed by atoms with Crippen molar-refractivity contribution in [2.75, 3.05) is 18.1 Å². The van der Waals surface area contributed by atoms with Crippen molar-refractivity contribution in [1.82, 2.24) is 4.98 Å². The number of aryl methyl sites for hydroxylation is 2. The van der Waals surface area contributed by atoms with Gasteiger partial charge in [0, 0.05) is 28.2 Å². The molecular weight excluding hydrogens is 442 g/mol. The lowest BCUT2D eigenvalue weighted by atomic mass is 10.2. The Morgan fingerprint density at radius 3 is 2.77 bits per heavy atom. The van der Waals surface area contributed by atoms with E-state index < -0.39 is 18.5 Å². The van der Waals surface area contributed by atoms with Gasteiger partial charge in [-0.1, -0.05) is 11.6 Å². The predicted molar refractivity (Wildman–Crippen MR) is 119 cm³/mol. The number of nitrogens with zero attached hydrogens (tertiary/aromatic N) is 3. The zero-order chi connectivity index (χ0) is 21.7. The highest BCUT2D eigenvalue weighted by molar-refractivity contribution is 7.17. The Balaban J connectivity index is 1.71. The largest absolute Gasteiger partial charge is 0.451 e. The molecular formula is C21H18ClN3O3S2. The number of rotatable bonds is 7. The zero-order valence-corrected chi connectivity index (χ0v) is 18.7. The van der Waals surface area contributed by atoms with Gasteiger partial charge in [0.1, 0.15) is 9.88 Å². The van der Waals surface area contributed by atoms with E-state index in [1.54, 1.807) is 36.5 Å². The second-order valence-corrected chi connectivity index (χ2v) is 8.59. The summed E-state index contributed by atoms with van der Waals surface area (Å²) in [5.41, 5.74) is 2.92. The summed E-state index contributed by atoms with van der Waals surface area (Å²) < 4.78 is 5.27. The molecule has 2 heterocycles. The van der Waals surface area contributed by atoms with Crippen LogP contribution in [-0.2, 0) is 9.53 Å². The molecule has 0 unspecified atom stereocenters. The lowest BCUT2D eigenvalue weighted by molar-refractivity contribution is -0.121. The Bertz CT molecular complexity index is 1100. The zero-order valence-electron chi connectivity index (χ0n) is 16.3. The molecule has 0 spiro atoms. The third-order valence-corrected chi connectivity index (χ3v) is 6.57. The molecule has 0 aliphatic carbocycles. The summed E-state index contributed by atoms with van der Waals surface area (Å²) in [6, 6.07) is 9.12. The SMILES string of the molecule is Cc1cc(N(CCC#N)C(=O)COC(=O)c2sc(-c3ccsc3)nc2C)ccc1Cl. The first-order valence-corrected chi connectivity index (χ1v) is 11.1. The van der Waals surface area contributed by atoms with Gasteiger partial charge in [-0.05, 0) is 49.1 Å². The minimum atomic E-state index is -0.590. The number of benzene rings is 1. The minimum Gasteiger partial charge on any atom is -0.451 e. The molecule has 0 fully saturated rings. The normalized spacial score (nSPS) is 10.5. The summed E-state index contributed by atoms with van der Waals surface area (Å²) in [4.78, 5) is 31.5. The first-order valence-electron chi connectivity index (χ1n) is 9.01. The third kappa shape index (κ3) is 5.05. The summed E-state index contributed by atoms with van der Waals surface area (Å²) >= 11 is 8.85. The standard InChI is InChI=1S/C21H18ClN3O3S2/c1-13-10-16(4-5-17(13)22)25(8-3-7-23)18(26)11-28-21(27)19-14(2)24-20(30-19)15-6-9-29-12-15/h4-6,9-10,12H,3,8,11H2,1-2H3. The average molecular weight is 460 g/mol. The van der Waals surface area contributed by atoms with Crippen molar-refractivity contribution in [3.05, 3.63) is 56.2 Å². The van der Waals surface area contributed by atoms with Crippen LogP contribution in [0.25, 0.3) is 10.6 Å². The van der Waals surface area contributed by atoms with E-state index >= 15 is 0 Å². The number of thiazole rings is 1. The van der Waals surface area contributed by atoms with Gasteiger partial charge < -0.3 is 9.64 Å². The monoisotopic (exact) mass is 459 g/mol. The molecule has 0 N–H and O–H groups in total. The van der Waals surface area contributed by atoms with Crippen LogP contribution in [0.1, 0.15) is 27.3 Å². The van der Waals surface area contributed by atoms with Crippen LogP contribution in [0.3, 0.4) is 0 Å². The van der Waals surface area contributed by atoms with Crippen molar-refractivity contribution < 1.29 is 14.3 Å². The fourth-order valence-electron chi connectivity index (χ4n) is 2.72. The Morgan fingerprint density at radius 1 is 1.30 bits per heavy atom. The quantitative estimate of drug-likeness (QED) is 0.451. The van der Waals surface area contributed by atoms with Crippen molar-refractivity contribution in [2.24, 2.45) is 0 Å². The van der Waals surface area contributed by atoms with E-state index in [0.29, 0.717) is 21.3 Å². The third-order valence-electron chi connectivity index (χ3n) is 4.28. The number of hydrogen-bond acceptors (Lipinski definition) is 7. The highest BCUT2D eigenvalue weighted by Gasteiger charge is 2.22. The molecule has 0 atom stereocenters. The minimum absolute atomic E-state index is 0.152. The molecule has 1 amide bonds. The fraction of sp³-hybridized carbons (Fsp3) is 0.238. The molecule has 30 heavy (non-hydrogen) atoms. The summed E-state index contributed by atoms with van der Waals surface area (Å²) in [5, 5.41) is 14.1. The molecule has 9 heteroatoms. The Morgan fingerprint density at radius 2 is 2.10 bits per heavy atom. The first-order chi connectivity index (χ1) is 14.4. The second-order valence-electron chi connectivity index (χ2n) is 6.41. The van der Waals surface area contributed by atoms with Gasteiger partial charge in [-0.15, -0.1) is 11.3 Å². The number of thiophene rings is 1. The maximum absolute atomic E-state index is 12.8. The van der Waals surface area contributed by atoms with Crippen LogP contribution >= 0.6 is 34.3 Å². The van der Waals surface area contributed by atoms with E-state index in [1.165, 1.54) is 16.2 Å².